The molecule has 0 bridgehead atoms. The van der Waals surface area contributed by atoms with Crippen LogP contribution < -0.4 is 15.8 Å². The number of nitrogens with zero attached hydrogens (tertiary/aromatic N) is 6. The fourth-order valence-electron chi connectivity index (χ4n) is 5.04. The number of thiazole rings is 1. The van der Waals surface area contributed by atoms with Gasteiger partial charge in [-0.25, -0.2) is 19.7 Å². The molecule has 1 aliphatic rings. The molecule has 13 heteroatoms. The van der Waals surface area contributed by atoms with Crippen molar-refractivity contribution in [3.05, 3.63) is 36.7 Å². The monoisotopic (exact) mass is 588 g/mol. The van der Waals surface area contributed by atoms with Gasteiger partial charge in [-0.1, -0.05) is 18.3 Å². The number of rotatable bonds is 6. The molecule has 0 fully saturated rings. The number of aromatic nitrogens is 6. The first-order valence-corrected chi connectivity index (χ1v) is 14.7. The van der Waals surface area contributed by atoms with Crippen LogP contribution in [0.3, 0.4) is 0 Å². The molecule has 6 rings (SSSR count). The van der Waals surface area contributed by atoms with E-state index in [4.69, 9.17) is 25.2 Å². The minimum absolute atomic E-state index is 0.411. The predicted molar refractivity (Wildman–Crippen MR) is 160 cm³/mol. The molecule has 4 aromatic heterocycles. The number of carbonyl (C=O) groups excluding carboxylic acids is 2. The molecule has 218 valence electrons. The summed E-state index contributed by atoms with van der Waals surface area (Å²) in [6.45, 7) is 8.70. The highest BCUT2D eigenvalue weighted by Crippen LogP contribution is 2.37. The maximum absolute atomic E-state index is 12.2. The molecule has 5 heterocycles. The summed E-state index contributed by atoms with van der Waals surface area (Å²) in [5.41, 5.74) is 9.72. The first-order valence-electron chi connectivity index (χ1n) is 13.9. The molecule has 1 unspecified atom stereocenters. The molecule has 3 N–H and O–H groups in total. The van der Waals surface area contributed by atoms with Crippen LogP contribution in [0.5, 0.6) is 5.75 Å². The van der Waals surface area contributed by atoms with Crippen LogP contribution in [0.4, 0.5) is 9.93 Å². The fraction of sp³-hybridized carbons (Fsp3) is 0.379. The van der Waals surface area contributed by atoms with Crippen LogP contribution in [0, 0.1) is 0 Å². The molecule has 5 aromatic rings. The van der Waals surface area contributed by atoms with Gasteiger partial charge in [-0.2, -0.15) is 5.10 Å². The molecule has 0 saturated carbocycles. The van der Waals surface area contributed by atoms with E-state index in [0.29, 0.717) is 34.2 Å². The number of anilines is 1. The number of carbonyl (C=O) groups is 2. The van der Waals surface area contributed by atoms with Crippen LogP contribution in [-0.4, -0.2) is 53.5 Å². The highest BCUT2D eigenvalue weighted by molar-refractivity contribution is 7.21. The van der Waals surface area contributed by atoms with Gasteiger partial charge < -0.3 is 19.8 Å². The Balaban J connectivity index is 1.39. The lowest BCUT2D eigenvalue weighted by Crippen LogP contribution is -2.27. The summed E-state index contributed by atoms with van der Waals surface area (Å²) in [5, 5.41) is 7.52. The minimum Gasteiger partial charge on any atom is -0.491 e. The van der Waals surface area contributed by atoms with Gasteiger partial charge in [0, 0.05) is 18.3 Å². The topological polar surface area (TPSA) is 152 Å². The molecule has 12 nitrogen and oxygen atoms in total. The second-order valence-electron chi connectivity index (χ2n) is 11.2. The molecular weight excluding hydrogens is 556 g/mol. The van der Waals surface area contributed by atoms with Crippen molar-refractivity contribution < 1.29 is 19.1 Å². The van der Waals surface area contributed by atoms with E-state index in [1.807, 2.05) is 58.2 Å². The second-order valence-corrected chi connectivity index (χ2v) is 12.2. The van der Waals surface area contributed by atoms with Gasteiger partial charge in [0.1, 0.15) is 39.0 Å². The maximum Gasteiger partial charge on any atom is 0.413 e. The van der Waals surface area contributed by atoms with Gasteiger partial charge in [0.2, 0.25) is 5.91 Å². The molecule has 0 aliphatic carbocycles. The number of pyridine rings is 1. The number of benzene rings is 1. The summed E-state index contributed by atoms with van der Waals surface area (Å²) in [6, 6.07) is 7.26. The number of aryl methyl sites for hydroxylation is 1. The van der Waals surface area contributed by atoms with Crippen molar-refractivity contribution in [2.45, 2.75) is 65.1 Å². The third kappa shape index (κ3) is 5.39. The largest absolute Gasteiger partial charge is 0.491 e. The summed E-state index contributed by atoms with van der Waals surface area (Å²) in [7, 11) is 0. The van der Waals surface area contributed by atoms with E-state index in [9.17, 15) is 9.59 Å². The third-order valence-corrected chi connectivity index (χ3v) is 7.78. The van der Waals surface area contributed by atoms with Gasteiger partial charge in [0.05, 0.1) is 18.3 Å². The first kappa shape index (κ1) is 27.6. The molecule has 1 aromatic carbocycles. The van der Waals surface area contributed by atoms with E-state index in [1.54, 1.807) is 10.9 Å². The average Bonchev–Trinajstić information content (AvgIpc) is 3.62. The molecular formula is C29H32N8O4S. The van der Waals surface area contributed by atoms with Gasteiger partial charge in [-0.15, -0.1) is 0 Å². The molecule has 2 amide bonds. The van der Waals surface area contributed by atoms with Gasteiger partial charge in [-0.05, 0) is 69.9 Å². The number of amides is 2. The summed E-state index contributed by atoms with van der Waals surface area (Å²) < 4.78 is 15.3. The Morgan fingerprint density at radius 3 is 2.74 bits per heavy atom. The minimum atomic E-state index is -0.613. The Morgan fingerprint density at radius 2 is 1.98 bits per heavy atom. The van der Waals surface area contributed by atoms with Crippen LogP contribution in [0.1, 0.15) is 53.0 Å². The van der Waals surface area contributed by atoms with Crippen LogP contribution >= 0.6 is 11.3 Å². The normalized spacial score (nSPS) is 14.3. The van der Waals surface area contributed by atoms with Crippen LogP contribution in [0.15, 0.2) is 36.7 Å². The molecule has 0 saturated heterocycles. The standard InChI is InChI=1S/C29H32N8O4S/c1-5-21(24(30)38)37-15-17(14-31-37)16-12-20-23-22(13-16)40-11-7-6-10-36(23)25(32-20)18-8-9-19-26(33-18)42-27(34-19)35-28(39)41-29(2,3)4/h8-9,12-15,21H,5-7,10-11H2,1-4H3,(H2,30,38)(H,34,35,39). The van der Waals surface area contributed by atoms with Crippen molar-refractivity contribution in [1.29, 1.82) is 0 Å². The molecule has 1 atom stereocenters. The number of ether oxygens (including phenoxy) is 2. The summed E-state index contributed by atoms with van der Waals surface area (Å²) in [6.07, 6.45) is 5.38. The molecule has 42 heavy (non-hydrogen) atoms. The summed E-state index contributed by atoms with van der Waals surface area (Å²) >= 11 is 1.28. The summed E-state index contributed by atoms with van der Waals surface area (Å²) in [5.74, 6) is 1.04. The highest BCUT2D eigenvalue weighted by atomic mass is 32.1. The number of hydrogen-bond acceptors (Lipinski definition) is 9. The zero-order valence-electron chi connectivity index (χ0n) is 23.9. The van der Waals surface area contributed by atoms with E-state index in [-0.39, 0.29) is 0 Å². The van der Waals surface area contributed by atoms with Gasteiger partial charge in [0.15, 0.2) is 11.0 Å². The summed E-state index contributed by atoms with van der Waals surface area (Å²) in [4.78, 5) is 39.2. The number of imidazole rings is 1. The Morgan fingerprint density at radius 1 is 1.14 bits per heavy atom. The van der Waals surface area contributed by atoms with Gasteiger partial charge in [0.25, 0.3) is 0 Å². The van der Waals surface area contributed by atoms with Crippen LogP contribution in [0.2, 0.25) is 0 Å². The van der Waals surface area contributed by atoms with Crippen LogP contribution in [0.25, 0.3) is 44.0 Å². The second kappa shape index (κ2) is 10.7. The smallest absolute Gasteiger partial charge is 0.413 e. The van der Waals surface area contributed by atoms with Crippen molar-refractivity contribution in [1.82, 2.24) is 29.3 Å². The quantitative estimate of drug-likeness (QED) is 0.263. The Bertz CT molecular complexity index is 1820. The van der Waals surface area contributed by atoms with Crippen molar-refractivity contribution >= 4 is 49.8 Å². The van der Waals surface area contributed by atoms with Crippen molar-refractivity contribution in [2.24, 2.45) is 5.73 Å². The number of nitrogens with two attached hydrogens (primary N) is 1. The number of fused-ring (bicyclic) bond motifs is 1. The van der Waals surface area contributed by atoms with E-state index < -0.39 is 23.6 Å². The van der Waals surface area contributed by atoms with E-state index in [2.05, 4.69) is 20.0 Å². The number of nitrogens with one attached hydrogen (secondary N) is 1. The Labute approximate surface area is 245 Å². The number of primary amides is 1. The highest BCUT2D eigenvalue weighted by Gasteiger charge is 2.23. The van der Waals surface area contributed by atoms with E-state index in [0.717, 1.165) is 53.1 Å². The predicted octanol–water partition coefficient (Wildman–Crippen LogP) is 5.53. The SMILES string of the molecule is CCC(C(N)=O)n1cc(-c2cc3c4c(c2)nc(-c2ccc5nc(NC(=O)OC(C)(C)C)sc5n2)n4CCCCO3)cn1. The van der Waals surface area contributed by atoms with Crippen molar-refractivity contribution in [3.8, 4) is 28.4 Å². The zero-order valence-corrected chi connectivity index (χ0v) is 24.7. The third-order valence-electron chi connectivity index (χ3n) is 6.90. The number of hydrogen-bond donors (Lipinski definition) is 2. The first-order chi connectivity index (χ1) is 20.1. The van der Waals surface area contributed by atoms with Crippen LogP contribution in [-0.2, 0) is 16.1 Å². The van der Waals surface area contributed by atoms with Crippen molar-refractivity contribution in [2.75, 3.05) is 11.9 Å². The van der Waals surface area contributed by atoms with Gasteiger partial charge >= 0.3 is 6.09 Å². The molecule has 0 spiro atoms. The van der Waals surface area contributed by atoms with E-state index >= 15 is 0 Å². The lowest BCUT2D eigenvalue weighted by atomic mass is 10.1. The van der Waals surface area contributed by atoms with E-state index in [1.165, 1.54) is 11.3 Å². The zero-order chi connectivity index (χ0) is 29.6. The maximum atomic E-state index is 12.2. The molecule has 1 aliphatic heterocycles. The Hall–Kier alpha value is -4.52. The lowest BCUT2D eigenvalue weighted by Gasteiger charge is -2.18. The van der Waals surface area contributed by atoms with Crippen molar-refractivity contribution in [3.63, 3.8) is 0 Å². The Kier molecular flexibility index (Phi) is 7.05. The fourth-order valence-corrected chi connectivity index (χ4v) is 5.86. The van der Waals surface area contributed by atoms with Gasteiger partial charge in [-0.3, -0.25) is 14.8 Å². The average molecular weight is 589 g/mol. The lowest BCUT2D eigenvalue weighted by molar-refractivity contribution is -0.121. The molecule has 0 radical (unpaired) electrons.